The van der Waals surface area contributed by atoms with Gasteiger partial charge in [-0.2, -0.15) is 0 Å². The van der Waals surface area contributed by atoms with E-state index in [9.17, 15) is 96.8 Å². The van der Waals surface area contributed by atoms with Gasteiger partial charge in [-0.05, 0) is 181 Å². The average Bonchev–Trinajstić information content (AvgIpc) is 0.887. The van der Waals surface area contributed by atoms with E-state index < -0.39 is 210 Å². The van der Waals surface area contributed by atoms with Gasteiger partial charge in [-0.3, -0.25) is 81.5 Å². The molecule has 0 aliphatic rings. The van der Waals surface area contributed by atoms with Gasteiger partial charge in [0, 0.05) is 25.7 Å². The minimum absolute atomic E-state index is 0.0462. The third-order valence-corrected chi connectivity index (χ3v) is 17.0. The number of carbonyl (C=O) groups is 17. The molecule has 0 aliphatic heterocycles. The number of aromatic hydroxyl groups is 2. The molecule has 0 heterocycles. The van der Waals surface area contributed by atoms with E-state index in [2.05, 4.69) is 74.4 Å². The zero-order chi connectivity index (χ0) is 83.1. The summed E-state index contributed by atoms with van der Waals surface area (Å²) in [7, 11) is 0. The topological polar surface area (TPSA) is 664 Å². The summed E-state index contributed by atoms with van der Waals surface area (Å²) in [6.45, 7) is 10.6. The number of amides is 14. The predicted octanol–water partition coefficient (Wildman–Crippen LogP) is -5.64. The Hall–Kier alpha value is -11.1. The molecule has 0 saturated carbocycles. The molecular formula is C70H110N18O22. The summed E-state index contributed by atoms with van der Waals surface area (Å²) in [5.74, 6) is -17.2. The average molecular weight is 1560 g/mol. The fourth-order valence-corrected chi connectivity index (χ4v) is 10.2. The van der Waals surface area contributed by atoms with Gasteiger partial charge in [-0.1, -0.05) is 24.3 Å². The standard InChI is InChI=1S/C70H110N18O22/c1-35(56(95)76-36(2)58(97)78-38(4)60(99)82-42(8)70(109)110)75-57(96)37(3)77-59(98)39(5)79-65(104)49(16-10-13-31-72)85-68(107)52(33-43-18-22-45(89)23-19-43)87-62(101)41(7)81-66(105)51(27-29-55(93)94)86-69(108)53(34-44-20-24-46(90)25-21-44)88-67(106)50(17-11-14-32-73)83-61(100)40(6)80-64(103)48(15-9-12-30-71)84-63(102)47(74)26-28-54(91)92/h18-25,35-42,47-53,89-90H,9-17,26-34,71-74H2,1-8H3,(H,75,96)(H,76,95)(H,77,98)(H,78,97)(H,79,104)(H,80,103)(H,81,105)(H,82,99)(H,83,100)(H,84,102)(H,85,107)(H,86,108)(H,87,101)(H,88,106)(H,91,92)(H,93,94)(H,109,110)/t35-,36-,37-,38-,39-,40-,41-,42-,47-,48-,49-,50-,51-,52-,53-/m0/s1. The molecule has 14 amide bonds. The Morgan fingerprint density at radius 3 is 0.791 bits per heavy atom. The Labute approximate surface area is 635 Å². The van der Waals surface area contributed by atoms with Crippen LogP contribution in [0.4, 0.5) is 0 Å². The van der Waals surface area contributed by atoms with Gasteiger partial charge in [0.25, 0.3) is 0 Å². The van der Waals surface area contributed by atoms with Crippen LogP contribution in [0.5, 0.6) is 11.5 Å². The number of aliphatic carboxylic acids is 3. The van der Waals surface area contributed by atoms with E-state index in [4.69, 9.17) is 33.1 Å². The van der Waals surface area contributed by atoms with Crippen molar-refractivity contribution in [1.29, 1.82) is 0 Å². The van der Waals surface area contributed by atoms with Crippen molar-refractivity contribution in [3.05, 3.63) is 59.7 Å². The van der Waals surface area contributed by atoms with Crippen LogP contribution < -0.4 is 97.4 Å². The summed E-state index contributed by atoms with van der Waals surface area (Å²) in [6.07, 6.45) is -0.816. The lowest BCUT2D eigenvalue weighted by Gasteiger charge is -2.27. The predicted molar refractivity (Wildman–Crippen MR) is 394 cm³/mol. The van der Waals surface area contributed by atoms with Crippen LogP contribution >= 0.6 is 0 Å². The number of carboxylic acid groups (broad SMARTS) is 3. The van der Waals surface area contributed by atoms with Gasteiger partial charge in [0.1, 0.15) is 96.1 Å². The Bertz CT molecular complexity index is 3480. The molecule has 27 N–H and O–H groups in total. The summed E-state index contributed by atoms with van der Waals surface area (Å²) in [6, 6.07) is -10.3. The van der Waals surface area contributed by atoms with Gasteiger partial charge in [0.15, 0.2) is 0 Å². The van der Waals surface area contributed by atoms with Crippen molar-refractivity contribution < 1.29 is 107 Å². The molecule has 0 radical (unpaired) electrons. The maximum absolute atomic E-state index is 14.6. The summed E-state index contributed by atoms with van der Waals surface area (Å²) < 4.78 is 0. The number of carbonyl (C=O) groups excluding carboxylic acids is 14. The largest absolute Gasteiger partial charge is 0.508 e. The van der Waals surface area contributed by atoms with Crippen LogP contribution in [0.25, 0.3) is 0 Å². The number of nitrogens with two attached hydrogens (primary N) is 4. The Morgan fingerprint density at radius 2 is 0.500 bits per heavy atom. The minimum atomic E-state index is -1.77. The van der Waals surface area contributed by atoms with Gasteiger partial charge in [0.05, 0.1) is 6.04 Å². The lowest BCUT2D eigenvalue weighted by Crippen LogP contribution is -2.60. The fraction of sp³-hybridized carbons (Fsp3) is 0.586. The molecule has 0 saturated heterocycles. The molecule has 40 nitrogen and oxygen atoms in total. The van der Waals surface area contributed by atoms with Crippen molar-refractivity contribution in [2.75, 3.05) is 19.6 Å². The van der Waals surface area contributed by atoms with E-state index in [0.717, 1.165) is 0 Å². The number of carboxylic acids is 3. The van der Waals surface area contributed by atoms with Crippen molar-refractivity contribution >= 4 is 101 Å². The molecule has 110 heavy (non-hydrogen) atoms. The summed E-state index contributed by atoms with van der Waals surface area (Å²) in [5, 5.41) is 82.4. The SMILES string of the molecule is C[C@H](NC(=O)[C@H](C)NC(=O)[C@H](C)NC(=O)[C@H](C)NC(=O)[C@H](C)NC(=O)[C@H](C)NC(=O)[C@H](CCCCN)NC(=O)[C@H](Cc1ccc(O)cc1)NC(=O)[C@H](C)NC(=O)[C@H](CCC(=O)O)NC(=O)[C@H](Cc1ccc(O)cc1)NC(=O)[C@H](CCCCN)NC(=O)[C@H](C)NC(=O)[C@H](CCCCN)NC(=O)[C@@H](N)CCC(=O)O)C(=O)O. The molecule has 2 aromatic rings. The molecule has 612 valence electrons. The second-order valence-electron chi connectivity index (χ2n) is 26.6. The quantitative estimate of drug-likeness (QED) is 0.0275. The van der Waals surface area contributed by atoms with Crippen LogP contribution in [-0.2, 0) is 94.3 Å². The third-order valence-electron chi connectivity index (χ3n) is 17.0. The zero-order valence-corrected chi connectivity index (χ0v) is 63.0. The molecule has 2 rings (SSSR count). The van der Waals surface area contributed by atoms with E-state index in [1.54, 1.807) is 0 Å². The second-order valence-corrected chi connectivity index (χ2v) is 26.6. The third kappa shape index (κ3) is 35.7. The molecule has 0 unspecified atom stereocenters. The molecule has 0 aliphatic carbocycles. The van der Waals surface area contributed by atoms with Crippen molar-refractivity contribution in [3.8, 4) is 11.5 Å². The number of phenolic OH excluding ortho intramolecular Hbond substituents is 2. The molecule has 0 spiro atoms. The first-order valence-corrected chi connectivity index (χ1v) is 36.1. The Kier molecular flexibility index (Phi) is 42.3. The van der Waals surface area contributed by atoms with Crippen molar-refractivity contribution in [2.24, 2.45) is 22.9 Å². The minimum Gasteiger partial charge on any atom is -0.508 e. The Balaban J connectivity index is 2.40. The van der Waals surface area contributed by atoms with Crippen molar-refractivity contribution in [3.63, 3.8) is 0 Å². The van der Waals surface area contributed by atoms with Crippen LogP contribution in [0.2, 0.25) is 0 Å². The number of hydrogen-bond acceptors (Lipinski definition) is 23. The normalized spacial score (nSPS) is 15.1. The van der Waals surface area contributed by atoms with Crippen LogP contribution in [0.15, 0.2) is 48.5 Å². The van der Waals surface area contributed by atoms with Crippen LogP contribution in [0, 0.1) is 0 Å². The number of nitrogens with one attached hydrogen (secondary N) is 14. The summed E-state index contributed by atoms with van der Waals surface area (Å²) in [5.41, 5.74) is 23.7. The smallest absolute Gasteiger partial charge is 0.325 e. The second kappa shape index (κ2) is 49.0. The Morgan fingerprint density at radius 1 is 0.282 bits per heavy atom. The summed E-state index contributed by atoms with van der Waals surface area (Å²) >= 11 is 0. The van der Waals surface area contributed by atoms with Gasteiger partial charge >= 0.3 is 17.9 Å². The maximum atomic E-state index is 14.6. The summed E-state index contributed by atoms with van der Waals surface area (Å²) in [4.78, 5) is 226. The number of hydrogen-bond donors (Lipinski definition) is 23. The first kappa shape index (κ1) is 94.9. The first-order valence-electron chi connectivity index (χ1n) is 36.1. The molecular weight excluding hydrogens is 1440 g/mol. The monoisotopic (exact) mass is 1550 g/mol. The maximum Gasteiger partial charge on any atom is 0.325 e. The molecule has 0 fully saturated rings. The van der Waals surface area contributed by atoms with Crippen molar-refractivity contribution in [1.82, 2.24) is 74.4 Å². The van der Waals surface area contributed by atoms with E-state index >= 15 is 0 Å². The van der Waals surface area contributed by atoms with Crippen LogP contribution in [-0.4, -0.2) is 236 Å². The molecule has 0 bridgehead atoms. The van der Waals surface area contributed by atoms with Gasteiger partial charge in [0.2, 0.25) is 82.7 Å². The highest BCUT2D eigenvalue weighted by atomic mass is 16.4. The van der Waals surface area contributed by atoms with Crippen LogP contribution in [0.1, 0.15) is 150 Å². The van der Waals surface area contributed by atoms with Gasteiger partial charge in [-0.25, -0.2) is 0 Å². The number of unbranched alkanes of at least 4 members (excludes halogenated alkanes) is 3. The molecule has 2 aromatic carbocycles. The highest BCUT2D eigenvalue weighted by Gasteiger charge is 2.36. The van der Waals surface area contributed by atoms with E-state index in [-0.39, 0.29) is 82.5 Å². The highest BCUT2D eigenvalue weighted by molar-refractivity contribution is 6.00. The number of phenols is 2. The first-order chi connectivity index (χ1) is 51.7. The lowest BCUT2D eigenvalue weighted by atomic mass is 10.0. The fourth-order valence-electron chi connectivity index (χ4n) is 10.2. The highest BCUT2D eigenvalue weighted by Crippen LogP contribution is 2.16. The van der Waals surface area contributed by atoms with Gasteiger partial charge < -0.3 is 123 Å². The number of rotatable bonds is 51. The zero-order valence-electron chi connectivity index (χ0n) is 63.0. The van der Waals surface area contributed by atoms with Gasteiger partial charge in [-0.15, -0.1) is 0 Å². The molecule has 15 atom stereocenters. The lowest BCUT2D eigenvalue weighted by molar-refractivity contribution is -0.141. The van der Waals surface area contributed by atoms with E-state index in [1.807, 2.05) is 0 Å². The molecule has 40 heteroatoms. The van der Waals surface area contributed by atoms with Crippen LogP contribution in [0.3, 0.4) is 0 Å². The molecule has 0 aromatic heterocycles. The van der Waals surface area contributed by atoms with E-state index in [1.165, 1.54) is 104 Å². The van der Waals surface area contributed by atoms with Crippen molar-refractivity contribution in [2.45, 2.75) is 242 Å². The number of benzene rings is 2. The van der Waals surface area contributed by atoms with E-state index in [0.29, 0.717) is 36.8 Å².